The van der Waals surface area contributed by atoms with Crippen molar-refractivity contribution in [1.82, 2.24) is 5.32 Å². The predicted octanol–water partition coefficient (Wildman–Crippen LogP) is 4.58. The highest BCUT2D eigenvalue weighted by Gasteiger charge is 2.16. The normalized spacial score (nSPS) is 13.2. The van der Waals surface area contributed by atoms with Gasteiger partial charge in [0.15, 0.2) is 6.61 Å². The lowest BCUT2D eigenvalue weighted by molar-refractivity contribution is -0.142. The number of hydrogen-bond acceptors (Lipinski definition) is 5. The minimum absolute atomic E-state index is 0.0646. The first-order valence-corrected chi connectivity index (χ1v) is 10.2. The van der Waals surface area contributed by atoms with Crippen molar-refractivity contribution >= 4 is 17.6 Å². The molecule has 6 heteroatoms. The Labute approximate surface area is 178 Å². The van der Waals surface area contributed by atoms with Crippen LogP contribution in [0.4, 0.5) is 0 Å². The number of ether oxygens (including phenoxy) is 3. The van der Waals surface area contributed by atoms with E-state index in [9.17, 15) is 4.79 Å². The third-order valence-corrected chi connectivity index (χ3v) is 4.59. The Balaban J connectivity index is 1.88. The van der Waals surface area contributed by atoms with E-state index in [1.54, 1.807) is 0 Å². The van der Waals surface area contributed by atoms with Gasteiger partial charge >= 0.3 is 5.97 Å². The number of hydrogen-bond donors (Lipinski definition) is 1. The van der Waals surface area contributed by atoms with Gasteiger partial charge in [0.1, 0.15) is 5.75 Å². The van der Waals surface area contributed by atoms with Gasteiger partial charge in [0.25, 0.3) is 0 Å². The van der Waals surface area contributed by atoms with Gasteiger partial charge < -0.3 is 19.5 Å². The molecule has 0 bridgehead atoms. The summed E-state index contributed by atoms with van der Waals surface area (Å²) in [6.07, 6.45) is 0.917. The molecule has 0 aliphatic carbocycles. The third kappa shape index (κ3) is 8.44. The molecule has 29 heavy (non-hydrogen) atoms. The Hall–Kier alpha value is -2.08. The molecule has 158 valence electrons. The van der Waals surface area contributed by atoms with Crippen LogP contribution in [0.5, 0.6) is 5.75 Å². The second kappa shape index (κ2) is 11.8. The number of nitrogens with one attached hydrogen (secondary N) is 1. The van der Waals surface area contributed by atoms with Crippen LogP contribution in [0.25, 0.3) is 0 Å². The van der Waals surface area contributed by atoms with Crippen LogP contribution in [0.15, 0.2) is 48.5 Å². The molecule has 0 heterocycles. The van der Waals surface area contributed by atoms with E-state index in [0.717, 1.165) is 12.0 Å². The van der Waals surface area contributed by atoms with Crippen LogP contribution >= 0.6 is 11.6 Å². The molecule has 2 rings (SSSR count). The summed E-state index contributed by atoms with van der Waals surface area (Å²) in [5.41, 5.74) is 2.25. The van der Waals surface area contributed by atoms with Crippen molar-refractivity contribution in [3.8, 4) is 5.75 Å². The number of carbonyl (C=O) groups is 1. The molecule has 0 fully saturated rings. The highest BCUT2D eigenvalue weighted by atomic mass is 35.5. The minimum atomic E-state index is -0.398. The lowest BCUT2D eigenvalue weighted by Crippen LogP contribution is -2.33. The fourth-order valence-corrected chi connectivity index (χ4v) is 3.14. The number of methoxy groups -OCH3 is 1. The molecule has 1 N–H and O–H groups in total. The summed E-state index contributed by atoms with van der Waals surface area (Å²) in [4.78, 5) is 11.1. The van der Waals surface area contributed by atoms with Gasteiger partial charge in [-0.3, -0.25) is 0 Å². The first-order chi connectivity index (χ1) is 13.9. The van der Waals surface area contributed by atoms with Crippen molar-refractivity contribution in [2.45, 2.75) is 45.4 Å². The molecule has 0 spiro atoms. The number of halogens is 1. The third-order valence-electron chi connectivity index (χ3n) is 4.36. The maximum absolute atomic E-state index is 11.1. The van der Waals surface area contributed by atoms with Gasteiger partial charge in [-0.15, -0.1) is 0 Å². The topological polar surface area (TPSA) is 56.8 Å². The monoisotopic (exact) mass is 419 g/mol. The van der Waals surface area contributed by atoms with Crippen LogP contribution in [-0.2, 0) is 20.7 Å². The Morgan fingerprint density at radius 3 is 2.45 bits per heavy atom. The van der Waals surface area contributed by atoms with Gasteiger partial charge in [0, 0.05) is 17.6 Å². The summed E-state index contributed by atoms with van der Waals surface area (Å²) in [6.45, 7) is 6.82. The van der Waals surface area contributed by atoms with E-state index in [1.807, 2.05) is 62.4 Å². The van der Waals surface area contributed by atoms with Gasteiger partial charge in [0.2, 0.25) is 0 Å². The van der Waals surface area contributed by atoms with E-state index < -0.39 is 5.97 Å². The Morgan fingerprint density at radius 1 is 1.10 bits per heavy atom. The van der Waals surface area contributed by atoms with Gasteiger partial charge in [-0.1, -0.05) is 35.9 Å². The van der Waals surface area contributed by atoms with E-state index in [1.165, 1.54) is 12.7 Å². The zero-order valence-electron chi connectivity index (χ0n) is 17.5. The average molecular weight is 420 g/mol. The minimum Gasteiger partial charge on any atom is -0.482 e. The summed E-state index contributed by atoms with van der Waals surface area (Å²) in [5, 5.41) is 4.27. The summed E-state index contributed by atoms with van der Waals surface area (Å²) >= 11 is 6.14. The van der Waals surface area contributed by atoms with E-state index in [2.05, 4.69) is 17.0 Å². The quantitative estimate of drug-likeness (QED) is 0.540. The van der Waals surface area contributed by atoms with Crippen LogP contribution in [0, 0.1) is 0 Å². The number of esters is 1. The van der Waals surface area contributed by atoms with Gasteiger partial charge in [-0.25, -0.2) is 4.79 Å². The summed E-state index contributed by atoms with van der Waals surface area (Å²) in [7, 11) is 1.34. The fraction of sp³-hybridized carbons (Fsp3) is 0.435. The second-order valence-electron chi connectivity index (χ2n) is 7.25. The molecular weight excluding hydrogens is 390 g/mol. The van der Waals surface area contributed by atoms with Gasteiger partial charge in [0.05, 0.1) is 19.3 Å². The molecule has 2 unspecified atom stereocenters. The molecule has 2 aromatic carbocycles. The molecule has 0 amide bonds. The molecular formula is C23H30ClNO4. The fourth-order valence-electron chi connectivity index (χ4n) is 2.94. The van der Waals surface area contributed by atoms with E-state index in [-0.39, 0.29) is 24.9 Å². The van der Waals surface area contributed by atoms with Crippen molar-refractivity contribution in [1.29, 1.82) is 0 Å². The number of rotatable bonds is 11. The summed E-state index contributed by atoms with van der Waals surface area (Å²) in [5.74, 6) is 0.246. The zero-order chi connectivity index (χ0) is 21.2. The van der Waals surface area contributed by atoms with Crippen molar-refractivity contribution in [2.24, 2.45) is 0 Å². The molecule has 0 radical (unpaired) electrons. The van der Waals surface area contributed by atoms with Crippen molar-refractivity contribution < 1.29 is 19.0 Å². The lowest BCUT2D eigenvalue weighted by Gasteiger charge is -2.24. The van der Waals surface area contributed by atoms with E-state index in [4.69, 9.17) is 21.1 Å². The van der Waals surface area contributed by atoms with Crippen molar-refractivity contribution in [3.63, 3.8) is 0 Å². The predicted molar refractivity (Wildman–Crippen MR) is 116 cm³/mol. The van der Waals surface area contributed by atoms with Crippen LogP contribution < -0.4 is 10.1 Å². The van der Waals surface area contributed by atoms with Crippen LogP contribution in [0.2, 0.25) is 5.02 Å². The molecule has 5 nitrogen and oxygen atoms in total. The SMILES string of the molecule is COC(=O)COc1ccc(CC(C)NCC(OC(C)C)c2cccc(Cl)c2)cc1. The highest BCUT2D eigenvalue weighted by Crippen LogP contribution is 2.22. The maximum Gasteiger partial charge on any atom is 0.343 e. The maximum atomic E-state index is 11.1. The molecule has 0 saturated carbocycles. The van der Waals surface area contributed by atoms with Crippen LogP contribution in [0.3, 0.4) is 0 Å². The smallest absolute Gasteiger partial charge is 0.343 e. The zero-order valence-corrected chi connectivity index (χ0v) is 18.2. The summed E-state index contributed by atoms with van der Waals surface area (Å²) in [6, 6.07) is 15.8. The average Bonchev–Trinajstić information content (AvgIpc) is 2.70. The van der Waals surface area contributed by atoms with Crippen LogP contribution in [0.1, 0.15) is 38.0 Å². The van der Waals surface area contributed by atoms with Crippen molar-refractivity contribution in [2.75, 3.05) is 20.3 Å². The largest absolute Gasteiger partial charge is 0.482 e. The Morgan fingerprint density at radius 2 is 1.83 bits per heavy atom. The first-order valence-electron chi connectivity index (χ1n) is 9.80. The van der Waals surface area contributed by atoms with Crippen LogP contribution in [-0.4, -0.2) is 38.4 Å². The Bertz CT molecular complexity index is 764. The second-order valence-corrected chi connectivity index (χ2v) is 7.69. The lowest BCUT2D eigenvalue weighted by atomic mass is 10.1. The number of carbonyl (C=O) groups excluding carboxylic acids is 1. The van der Waals surface area contributed by atoms with E-state index >= 15 is 0 Å². The molecule has 0 aliphatic rings. The number of benzene rings is 2. The first kappa shape index (κ1) is 23.2. The van der Waals surface area contributed by atoms with Crippen molar-refractivity contribution in [3.05, 3.63) is 64.7 Å². The standard InChI is InChI=1S/C23H30ClNO4/c1-16(2)29-22(19-6-5-7-20(24)13-19)14-25-17(3)12-18-8-10-21(11-9-18)28-15-23(26)27-4/h5-11,13,16-17,22,25H,12,14-15H2,1-4H3. The summed E-state index contributed by atoms with van der Waals surface area (Å²) < 4.78 is 16.0. The van der Waals surface area contributed by atoms with Gasteiger partial charge in [-0.05, 0) is 62.6 Å². The Kier molecular flexibility index (Phi) is 9.45. The molecule has 0 aliphatic heterocycles. The van der Waals surface area contributed by atoms with E-state index in [0.29, 0.717) is 17.3 Å². The molecule has 2 atom stereocenters. The highest BCUT2D eigenvalue weighted by molar-refractivity contribution is 6.30. The molecule has 0 saturated heterocycles. The molecule has 0 aromatic heterocycles. The molecule has 2 aromatic rings. The van der Waals surface area contributed by atoms with Gasteiger partial charge in [-0.2, -0.15) is 0 Å².